The molecule has 0 aromatic heterocycles. The molecule has 0 spiro atoms. The van der Waals surface area contributed by atoms with Gasteiger partial charge >= 0.3 is 5.97 Å². The average Bonchev–Trinajstić information content (AvgIpc) is 2.26. The first-order valence-corrected chi connectivity index (χ1v) is 6.01. The van der Waals surface area contributed by atoms with Crippen LogP contribution in [0.5, 0.6) is 0 Å². The summed E-state index contributed by atoms with van der Waals surface area (Å²) in [5, 5.41) is 9.43. The number of rotatable bonds is 5. The van der Waals surface area contributed by atoms with E-state index in [9.17, 15) is 9.90 Å². The number of ether oxygens (including phenoxy) is 1. The number of carbonyl (C=O) groups is 1. The van der Waals surface area contributed by atoms with Crippen LogP contribution in [0.2, 0.25) is 0 Å². The summed E-state index contributed by atoms with van der Waals surface area (Å²) in [5.74, 6) is -0.102. The van der Waals surface area contributed by atoms with Gasteiger partial charge in [-0.15, -0.1) is 0 Å². The van der Waals surface area contributed by atoms with Crippen molar-refractivity contribution in [3.8, 4) is 0 Å². The van der Waals surface area contributed by atoms with Crippen molar-refractivity contribution in [1.29, 1.82) is 0 Å². The molecule has 1 fully saturated rings. The first kappa shape index (κ1) is 13.5. The van der Waals surface area contributed by atoms with Crippen LogP contribution in [0.25, 0.3) is 0 Å². The Morgan fingerprint density at radius 2 is 2.00 bits per heavy atom. The SMILES string of the molecule is CC(C)CCN(C)C1(C(=O)O)CCOCC1. The minimum Gasteiger partial charge on any atom is -0.480 e. The summed E-state index contributed by atoms with van der Waals surface area (Å²) in [6.45, 7) is 6.26. The summed E-state index contributed by atoms with van der Waals surface area (Å²) in [4.78, 5) is 13.5. The lowest BCUT2D eigenvalue weighted by molar-refractivity contribution is -0.157. The third kappa shape index (κ3) is 2.95. The number of nitrogens with zero attached hydrogens (tertiary/aromatic N) is 1. The molecule has 1 heterocycles. The van der Waals surface area contributed by atoms with Crippen molar-refractivity contribution >= 4 is 5.97 Å². The molecule has 0 aromatic carbocycles. The third-order valence-corrected chi connectivity index (χ3v) is 3.49. The molecule has 4 nitrogen and oxygen atoms in total. The van der Waals surface area contributed by atoms with E-state index in [4.69, 9.17) is 4.74 Å². The zero-order valence-electron chi connectivity index (χ0n) is 10.5. The van der Waals surface area contributed by atoms with E-state index >= 15 is 0 Å². The molecule has 1 aliphatic heterocycles. The number of likely N-dealkylation sites (N-methyl/N-ethyl adjacent to an activating group) is 1. The highest BCUT2D eigenvalue weighted by molar-refractivity contribution is 5.78. The van der Waals surface area contributed by atoms with Gasteiger partial charge in [0.1, 0.15) is 5.54 Å². The Bertz CT molecular complexity index is 234. The van der Waals surface area contributed by atoms with Crippen molar-refractivity contribution in [1.82, 2.24) is 4.90 Å². The van der Waals surface area contributed by atoms with Crippen LogP contribution in [0.3, 0.4) is 0 Å². The van der Waals surface area contributed by atoms with Crippen LogP contribution in [0.15, 0.2) is 0 Å². The van der Waals surface area contributed by atoms with E-state index in [1.165, 1.54) is 0 Å². The van der Waals surface area contributed by atoms with Gasteiger partial charge in [-0.2, -0.15) is 0 Å². The highest BCUT2D eigenvalue weighted by atomic mass is 16.5. The molecule has 1 saturated heterocycles. The maximum absolute atomic E-state index is 11.5. The molecule has 0 amide bonds. The van der Waals surface area contributed by atoms with Crippen LogP contribution in [0.4, 0.5) is 0 Å². The van der Waals surface area contributed by atoms with Gasteiger partial charge in [-0.25, -0.2) is 0 Å². The summed E-state index contributed by atoms with van der Waals surface area (Å²) in [7, 11) is 1.92. The summed E-state index contributed by atoms with van der Waals surface area (Å²) < 4.78 is 5.26. The van der Waals surface area contributed by atoms with Crippen molar-refractivity contribution in [2.45, 2.75) is 38.6 Å². The Balaban J connectivity index is 2.64. The van der Waals surface area contributed by atoms with Crippen LogP contribution in [0, 0.1) is 5.92 Å². The molecule has 0 radical (unpaired) electrons. The van der Waals surface area contributed by atoms with E-state index in [0.29, 0.717) is 32.0 Å². The maximum Gasteiger partial charge on any atom is 0.324 e. The molecule has 1 rings (SSSR count). The van der Waals surface area contributed by atoms with Gasteiger partial charge in [0.25, 0.3) is 0 Å². The molecule has 94 valence electrons. The smallest absolute Gasteiger partial charge is 0.324 e. The van der Waals surface area contributed by atoms with Gasteiger partial charge in [0.15, 0.2) is 0 Å². The average molecular weight is 229 g/mol. The Morgan fingerprint density at radius 3 is 2.44 bits per heavy atom. The predicted octanol–water partition coefficient (Wildman–Crippen LogP) is 1.60. The largest absolute Gasteiger partial charge is 0.480 e. The number of aliphatic carboxylic acids is 1. The number of hydrogen-bond donors (Lipinski definition) is 1. The van der Waals surface area contributed by atoms with Crippen molar-refractivity contribution < 1.29 is 14.6 Å². The fourth-order valence-corrected chi connectivity index (χ4v) is 2.13. The number of carboxylic acids is 1. The van der Waals surface area contributed by atoms with Gasteiger partial charge in [-0.1, -0.05) is 13.8 Å². The van der Waals surface area contributed by atoms with E-state index in [-0.39, 0.29) is 0 Å². The molecule has 4 heteroatoms. The van der Waals surface area contributed by atoms with E-state index < -0.39 is 11.5 Å². The second-order valence-corrected chi connectivity index (χ2v) is 5.05. The molecule has 0 bridgehead atoms. The minimum absolute atomic E-state index is 0.554. The minimum atomic E-state index is -0.706. The van der Waals surface area contributed by atoms with Crippen molar-refractivity contribution in [2.75, 3.05) is 26.8 Å². The molecule has 0 saturated carbocycles. The lowest BCUT2D eigenvalue weighted by Crippen LogP contribution is -2.56. The fraction of sp³-hybridized carbons (Fsp3) is 0.917. The van der Waals surface area contributed by atoms with E-state index in [2.05, 4.69) is 13.8 Å². The van der Waals surface area contributed by atoms with Crippen molar-refractivity contribution in [3.63, 3.8) is 0 Å². The van der Waals surface area contributed by atoms with Gasteiger partial charge < -0.3 is 9.84 Å². The van der Waals surface area contributed by atoms with Gasteiger partial charge in [-0.05, 0) is 38.8 Å². The molecule has 0 unspecified atom stereocenters. The Kier molecular flexibility index (Phi) is 4.74. The van der Waals surface area contributed by atoms with E-state index in [1.54, 1.807) is 0 Å². The molecule has 1 aliphatic rings. The maximum atomic E-state index is 11.5. The molecular weight excluding hydrogens is 206 g/mol. The highest BCUT2D eigenvalue weighted by Crippen LogP contribution is 2.27. The topological polar surface area (TPSA) is 49.8 Å². The molecule has 0 aromatic rings. The Hall–Kier alpha value is -0.610. The lowest BCUT2D eigenvalue weighted by Gasteiger charge is -2.41. The molecular formula is C12H23NO3. The first-order chi connectivity index (χ1) is 7.49. The number of hydrogen-bond acceptors (Lipinski definition) is 3. The number of carboxylic acid groups (broad SMARTS) is 1. The van der Waals surface area contributed by atoms with E-state index in [0.717, 1.165) is 13.0 Å². The predicted molar refractivity (Wildman–Crippen MR) is 62.5 cm³/mol. The second-order valence-electron chi connectivity index (χ2n) is 5.05. The third-order valence-electron chi connectivity index (χ3n) is 3.49. The summed E-state index contributed by atoms with van der Waals surface area (Å²) in [6.07, 6.45) is 2.22. The van der Waals surface area contributed by atoms with Gasteiger partial charge in [0, 0.05) is 13.2 Å². The zero-order chi connectivity index (χ0) is 12.2. The van der Waals surface area contributed by atoms with Crippen LogP contribution < -0.4 is 0 Å². The van der Waals surface area contributed by atoms with Gasteiger partial charge in [-0.3, -0.25) is 9.69 Å². The van der Waals surface area contributed by atoms with Gasteiger partial charge in [0.2, 0.25) is 0 Å². The molecule has 1 N–H and O–H groups in total. The quantitative estimate of drug-likeness (QED) is 0.778. The highest BCUT2D eigenvalue weighted by Gasteiger charge is 2.43. The Labute approximate surface area is 97.6 Å². The fourth-order valence-electron chi connectivity index (χ4n) is 2.13. The molecule has 16 heavy (non-hydrogen) atoms. The summed E-state index contributed by atoms with van der Waals surface area (Å²) in [5.41, 5.74) is -0.701. The molecule has 0 atom stereocenters. The van der Waals surface area contributed by atoms with Gasteiger partial charge in [0.05, 0.1) is 0 Å². The molecule has 0 aliphatic carbocycles. The summed E-state index contributed by atoms with van der Waals surface area (Å²) in [6, 6.07) is 0. The monoisotopic (exact) mass is 229 g/mol. The van der Waals surface area contributed by atoms with Crippen LogP contribution in [-0.2, 0) is 9.53 Å². The Morgan fingerprint density at radius 1 is 1.44 bits per heavy atom. The van der Waals surface area contributed by atoms with Crippen LogP contribution >= 0.6 is 0 Å². The summed E-state index contributed by atoms with van der Waals surface area (Å²) >= 11 is 0. The van der Waals surface area contributed by atoms with Crippen LogP contribution in [-0.4, -0.2) is 48.3 Å². The van der Waals surface area contributed by atoms with Crippen molar-refractivity contribution in [2.24, 2.45) is 5.92 Å². The van der Waals surface area contributed by atoms with Crippen molar-refractivity contribution in [3.05, 3.63) is 0 Å². The zero-order valence-corrected chi connectivity index (χ0v) is 10.5. The first-order valence-electron chi connectivity index (χ1n) is 6.01. The normalized spacial score (nSPS) is 20.3. The van der Waals surface area contributed by atoms with E-state index in [1.807, 2.05) is 11.9 Å². The second kappa shape index (κ2) is 5.64. The van der Waals surface area contributed by atoms with Crippen LogP contribution in [0.1, 0.15) is 33.1 Å². The standard InChI is InChI=1S/C12H23NO3/c1-10(2)4-7-13(3)12(11(14)15)5-8-16-9-6-12/h10H,4-9H2,1-3H3,(H,14,15). The lowest BCUT2D eigenvalue weighted by atomic mass is 9.88.